The van der Waals surface area contributed by atoms with Gasteiger partial charge in [-0.15, -0.1) is 0 Å². The van der Waals surface area contributed by atoms with Crippen molar-refractivity contribution in [1.82, 2.24) is 10.9 Å². The van der Waals surface area contributed by atoms with Gasteiger partial charge in [0.15, 0.2) is 0 Å². The smallest absolute Gasteiger partial charge is 0.268 e. The van der Waals surface area contributed by atoms with E-state index in [1.165, 1.54) is 6.08 Å². The average molecular weight is 301 g/mol. The molecule has 0 bridgehead atoms. The molecule has 0 unspecified atom stereocenters. The number of benzene rings is 2. The minimum Gasteiger partial charge on any atom is -0.268 e. The number of rotatable bonds is 3. The maximum Gasteiger partial charge on any atom is 0.271 e. The van der Waals surface area contributed by atoms with Crippen molar-refractivity contribution in [2.75, 3.05) is 0 Å². The van der Waals surface area contributed by atoms with Crippen LogP contribution in [0.2, 0.25) is 5.02 Å². The molecule has 0 aliphatic carbocycles. The van der Waals surface area contributed by atoms with Crippen molar-refractivity contribution in [2.45, 2.75) is 0 Å². The van der Waals surface area contributed by atoms with E-state index in [0.717, 1.165) is 5.56 Å². The van der Waals surface area contributed by atoms with Crippen LogP contribution in [0.4, 0.5) is 0 Å². The third-order valence-corrected chi connectivity index (χ3v) is 2.97. The van der Waals surface area contributed by atoms with E-state index in [1.54, 1.807) is 30.3 Å². The molecule has 0 spiro atoms. The molecule has 0 heterocycles. The molecule has 0 aromatic heterocycles. The molecule has 2 aromatic rings. The summed E-state index contributed by atoms with van der Waals surface area (Å²) in [5, 5.41) is 0.323. The van der Waals surface area contributed by atoms with Crippen LogP contribution in [0.3, 0.4) is 0 Å². The Morgan fingerprint density at radius 1 is 0.905 bits per heavy atom. The number of hydrazine groups is 1. The Hall–Kier alpha value is -2.59. The molecule has 2 aromatic carbocycles. The lowest BCUT2D eigenvalue weighted by molar-refractivity contribution is -0.117. The first-order chi connectivity index (χ1) is 10.2. The van der Waals surface area contributed by atoms with Crippen molar-refractivity contribution in [2.24, 2.45) is 0 Å². The van der Waals surface area contributed by atoms with E-state index >= 15 is 0 Å². The summed E-state index contributed by atoms with van der Waals surface area (Å²) < 4.78 is 0. The van der Waals surface area contributed by atoms with Gasteiger partial charge in [-0.2, -0.15) is 0 Å². The predicted molar refractivity (Wildman–Crippen MR) is 82.5 cm³/mol. The van der Waals surface area contributed by atoms with Crippen LogP contribution in [-0.4, -0.2) is 11.8 Å². The van der Waals surface area contributed by atoms with Gasteiger partial charge in [0.05, 0.1) is 10.6 Å². The third-order valence-electron chi connectivity index (χ3n) is 2.64. The molecule has 0 radical (unpaired) electrons. The number of amides is 2. The molecule has 0 saturated carbocycles. The lowest BCUT2D eigenvalue weighted by Gasteiger charge is -2.06. The Morgan fingerprint density at radius 3 is 2.29 bits per heavy atom. The van der Waals surface area contributed by atoms with E-state index in [9.17, 15) is 9.59 Å². The molecule has 0 atom stereocenters. The highest BCUT2D eigenvalue weighted by Crippen LogP contribution is 2.14. The van der Waals surface area contributed by atoms with Gasteiger partial charge in [0, 0.05) is 6.08 Å². The molecular formula is C16H13ClN2O2. The molecule has 0 aliphatic heterocycles. The monoisotopic (exact) mass is 300 g/mol. The van der Waals surface area contributed by atoms with E-state index in [4.69, 9.17) is 11.6 Å². The molecule has 21 heavy (non-hydrogen) atoms. The fourth-order valence-electron chi connectivity index (χ4n) is 1.61. The summed E-state index contributed by atoms with van der Waals surface area (Å²) in [5.41, 5.74) is 5.79. The number of halogens is 1. The van der Waals surface area contributed by atoms with Gasteiger partial charge in [0.25, 0.3) is 11.8 Å². The molecule has 106 valence electrons. The Morgan fingerprint density at radius 2 is 1.57 bits per heavy atom. The first-order valence-corrected chi connectivity index (χ1v) is 6.62. The zero-order chi connectivity index (χ0) is 15.1. The van der Waals surface area contributed by atoms with E-state index in [-0.39, 0.29) is 0 Å². The van der Waals surface area contributed by atoms with E-state index in [0.29, 0.717) is 10.6 Å². The summed E-state index contributed by atoms with van der Waals surface area (Å²) >= 11 is 5.89. The largest absolute Gasteiger partial charge is 0.271 e. The number of carbonyl (C=O) groups is 2. The van der Waals surface area contributed by atoms with Crippen LogP contribution in [0.25, 0.3) is 6.08 Å². The molecule has 4 nitrogen and oxygen atoms in total. The van der Waals surface area contributed by atoms with Crippen molar-refractivity contribution in [1.29, 1.82) is 0 Å². The first kappa shape index (κ1) is 14.8. The number of hydrogen-bond donors (Lipinski definition) is 2. The molecule has 0 aliphatic rings. The summed E-state index contributed by atoms with van der Waals surface area (Å²) in [6, 6.07) is 16.0. The molecule has 0 fully saturated rings. The summed E-state index contributed by atoms with van der Waals surface area (Å²) in [5.74, 6) is -0.902. The quantitative estimate of drug-likeness (QED) is 0.676. The van der Waals surface area contributed by atoms with Gasteiger partial charge < -0.3 is 0 Å². The lowest BCUT2D eigenvalue weighted by Crippen LogP contribution is -2.40. The van der Waals surface area contributed by atoms with Crippen molar-refractivity contribution in [3.63, 3.8) is 0 Å². The van der Waals surface area contributed by atoms with Crippen LogP contribution in [0, 0.1) is 0 Å². The molecule has 2 rings (SSSR count). The SMILES string of the molecule is O=C(C=Cc1ccccc1)NNC(=O)c1ccccc1Cl. The Balaban J connectivity index is 1.88. The van der Waals surface area contributed by atoms with Gasteiger partial charge in [0.2, 0.25) is 0 Å². The zero-order valence-electron chi connectivity index (χ0n) is 11.0. The predicted octanol–water partition coefficient (Wildman–Crippen LogP) is 2.81. The van der Waals surface area contributed by atoms with Crippen molar-refractivity contribution in [3.8, 4) is 0 Å². The van der Waals surface area contributed by atoms with Crippen LogP contribution in [0.1, 0.15) is 15.9 Å². The minimum absolute atomic E-state index is 0.298. The van der Waals surface area contributed by atoms with E-state index in [1.807, 2.05) is 30.3 Å². The molecular weight excluding hydrogens is 288 g/mol. The maximum atomic E-state index is 11.8. The molecule has 0 saturated heterocycles. The highest BCUT2D eigenvalue weighted by Gasteiger charge is 2.09. The summed E-state index contributed by atoms with van der Waals surface area (Å²) in [6.45, 7) is 0. The Bertz CT molecular complexity index is 669. The number of carbonyl (C=O) groups excluding carboxylic acids is 2. The van der Waals surface area contributed by atoms with Crippen molar-refractivity contribution >= 4 is 29.5 Å². The van der Waals surface area contributed by atoms with E-state index < -0.39 is 11.8 Å². The van der Waals surface area contributed by atoms with Gasteiger partial charge in [-0.1, -0.05) is 54.1 Å². The molecule has 2 N–H and O–H groups in total. The van der Waals surface area contributed by atoms with Gasteiger partial charge >= 0.3 is 0 Å². The zero-order valence-corrected chi connectivity index (χ0v) is 11.8. The number of hydrogen-bond acceptors (Lipinski definition) is 2. The average Bonchev–Trinajstić information content (AvgIpc) is 2.52. The number of nitrogens with one attached hydrogen (secondary N) is 2. The summed E-state index contributed by atoms with van der Waals surface area (Å²) in [7, 11) is 0. The maximum absolute atomic E-state index is 11.8. The normalized spacial score (nSPS) is 10.3. The van der Waals surface area contributed by atoms with Crippen molar-refractivity contribution < 1.29 is 9.59 Å². The summed E-state index contributed by atoms with van der Waals surface area (Å²) in [4.78, 5) is 23.4. The van der Waals surface area contributed by atoms with Gasteiger partial charge in [-0.25, -0.2) is 0 Å². The summed E-state index contributed by atoms with van der Waals surface area (Å²) in [6.07, 6.45) is 2.99. The van der Waals surface area contributed by atoms with E-state index in [2.05, 4.69) is 10.9 Å². The highest BCUT2D eigenvalue weighted by molar-refractivity contribution is 6.33. The highest BCUT2D eigenvalue weighted by atomic mass is 35.5. The van der Waals surface area contributed by atoms with Gasteiger partial charge in [0.1, 0.15) is 0 Å². The fourth-order valence-corrected chi connectivity index (χ4v) is 1.83. The van der Waals surface area contributed by atoms with Crippen LogP contribution in [-0.2, 0) is 4.79 Å². The second kappa shape index (κ2) is 7.26. The van der Waals surface area contributed by atoms with Crippen LogP contribution in [0.5, 0.6) is 0 Å². The van der Waals surface area contributed by atoms with Crippen molar-refractivity contribution in [3.05, 3.63) is 76.8 Å². The minimum atomic E-state index is -0.470. The third kappa shape index (κ3) is 4.47. The second-order valence-corrected chi connectivity index (χ2v) is 4.57. The fraction of sp³-hybridized carbons (Fsp3) is 0. The van der Waals surface area contributed by atoms with Gasteiger partial charge in [-0.05, 0) is 23.8 Å². The first-order valence-electron chi connectivity index (χ1n) is 6.25. The van der Waals surface area contributed by atoms with Gasteiger partial charge in [-0.3, -0.25) is 20.4 Å². The molecule has 2 amide bonds. The van der Waals surface area contributed by atoms with Crippen LogP contribution >= 0.6 is 11.6 Å². The Labute approximate surface area is 127 Å². The standard InChI is InChI=1S/C16H13ClN2O2/c17-14-9-5-4-8-13(14)16(21)19-18-15(20)11-10-12-6-2-1-3-7-12/h1-11H,(H,18,20)(H,19,21). The molecule has 5 heteroatoms. The van der Waals surface area contributed by atoms with Crippen LogP contribution < -0.4 is 10.9 Å². The lowest BCUT2D eigenvalue weighted by atomic mass is 10.2. The Kier molecular flexibility index (Phi) is 5.12. The van der Waals surface area contributed by atoms with Crippen LogP contribution in [0.15, 0.2) is 60.7 Å². The second-order valence-electron chi connectivity index (χ2n) is 4.17. The topological polar surface area (TPSA) is 58.2 Å².